The summed E-state index contributed by atoms with van der Waals surface area (Å²) in [6.07, 6.45) is 0.896. The van der Waals surface area contributed by atoms with E-state index in [4.69, 9.17) is 4.74 Å². The van der Waals surface area contributed by atoms with Crippen LogP contribution in [0.3, 0.4) is 0 Å². The fourth-order valence-electron chi connectivity index (χ4n) is 3.02. The number of phenols is 1. The van der Waals surface area contributed by atoms with E-state index in [2.05, 4.69) is 4.74 Å². The lowest BCUT2D eigenvalue weighted by molar-refractivity contribution is -0.140. The van der Waals surface area contributed by atoms with E-state index in [0.29, 0.717) is 30.5 Å². The molecule has 0 aliphatic heterocycles. The van der Waals surface area contributed by atoms with Gasteiger partial charge < -0.3 is 19.1 Å². The molecule has 0 aliphatic rings. The number of hydrogen-bond acceptors (Lipinski definition) is 6. The van der Waals surface area contributed by atoms with Crippen molar-refractivity contribution in [2.45, 2.75) is 40.2 Å². The van der Waals surface area contributed by atoms with Crippen LogP contribution in [0.2, 0.25) is 0 Å². The van der Waals surface area contributed by atoms with Gasteiger partial charge in [-0.05, 0) is 44.9 Å². The number of hydrogen-bond donors (Lipinski definition) is 1. The molecule has 2 aromatic rings. The molecule has 0 unspecified atom stereocenters. The Hall–Kier alpha value is -3.09. The van der Waals surface area contributed by atoms with Crippen molar-refractivity contribution < 1.29 is 29.0 Å². The molecule has 1 heterocycles. The van der Waals surface area contributed by atoms with Gasteiger partial charge in [0.15, 0.2) is 6.61 Å². The molecule has 150 valence electrons. The largest absolute Gasteiger partial charge is 0.507 e. The first-order valence-corrected chi connectivity index (χ1v) is 8.98. The Morgan fingerprint density at radius 3 is 2.50 bits per heavy atom. The smallest absolute Gasteiger partial charge is 0.342 e. The van der Waals surface area contributed by atoms with Crippen LogP contribution in [-0.2, 0) is 20.8 Å². The Bertz CT molecular complexity index is 897. The molecule has 0 radical (unpaired) electrons. The molecular formula is C21H25NO6. The second-order valence-corrected chi connectivity index (χ2v) is 6.59. The van der Waals surface area contributed by atoms with Gasteiger partial charge in [0.2, 0.25) is 5.78 Å². The molecule has 0 fully saturated rings. The molecule has 2 rings (SSSR count). The predicted molar refractivity (Wildman–Crippen MR) is 103 cm³/mol. The first-order chi connectivity index (χ1) is 13.3. The standard InChI is InChI=1S/C21H25NO6/c1-13-7-5-8-16(20(13)25)21(26)28-12-18(23)17-11-14(2)22(15(17)3)10-6-9-19(24)27-4/h5,7-8,11,25H,6,9-10,12H2,1-4H3. The lowest BCUT2D eigenvalue weighted by Crippen LogP contribution is -2.15. The van der Waals surface area contributed by atoms with Gasteiger partial charge in [0.25, 0.3) is 0 Å². The number of ketones is 1. The molecule has 0 spiro atoms. The van der Waals surface area contributed by atoms with Crippen molar-refractivity contribution in [2.24, 2.45) is 0 Å². The highest BCUT2D eigenvalue weighted by atomic mass is 16.5. The van der Waals surface area contributed by atoms with Gasteiger partial charge in [0, 0.05) is 29.9 Å². The summed E-state index contributed by atoms with van der Waals surface area (Å²) >= 11 is 0. The predicted octanol–water partition coefficient (Wildman–Crippen LogP) is 3.11. The number of para-hydroxylation sites is 1. The summed E-state index contributed by atoms with van der Waals surface area (Å²) in [5.74, 6) is -1.50. The Labute approximate surface area is 163 Å². The number of ether oxygens (including phenoxy) is 2. The molecule has 0 bridgehead atoms. The maximum Gasteiger partial charge on any atom is 0.342 e. The number of carbonyl (C=O) groups excluding carboxylic acids is 3. The summed E-state index contributed by atoms with van der Waals surface area (Å²) in [7, 11) is 1.35. The number of nitrogens with zero attached hydrogens (tertiary/aromatic N) is 1. The number of esters is 2. The quantitative estimate of drug-likeness (QED) is 0.552. The molecule has 1 N–H and O–H groups in total. The number of rotatable bonds is 8. The van der Waals surface area contributed by atoms with Crippen molar-refractivity contribution in [3.63, 3.8) is 0 Å². The highest BCUT2D eigenvalue weighted by Gasteiger charge is 2.19. The number of aromatic nitrogens is 1. The molecule has 1 aromatic heterocycles. The molecule has 0 atom stereocenters. The minimum atomic E-state index is -0.749. The summed E-state index contributed by atoms with van der Waals surface area (Å²) in [6, 6.07) is 6.50. The Morgan fingerprint density at radius 2 is 1.82 bits per heavy atom. The molecular weight excluding hydrogens is 362 g/mol. The molecule has 0 saturated carbocycles. The summed E-state index contributed by atoms with van der Waals surface area (Å²) in [6.45, 7) is 5.52. The summed E-state index contributed by atoms with van der Waals surface area (Å²) in [4.78, 5) is 35.9. The van der Waals surface area contributed by atoms with Gasteiger partial charge in [-0.25, -0.2) is 4.79 Å². The molecule has 0 amide bonds. The SMILES string of the molecule is COC(=O)CCCn1c(C)cc(C(=O)COC(=O)c2cccc(C)c2O)c1C. The third-order valence-electron chi connectivity index (χ3n) is 4.66. The Balaban J connectivity index is 2.02. The van der Waals surface area contributed by atoms with Gasteiger partial charge in [-0.2, -0.15) is 0 Å². The zero-order valence-electron chi connectivity index (χ0n) is 16.6. The number of benzene rings is 1. The van der Waals surface area contributed by atoms with Gasteiger partial charge >= 0.3 is 11.9 Å². The van der Waals surface area contributed by atoms with Gasteiger partial charge in [0.1, 0.15) is 11.3 Å². The van der Waals surface area contributed by atoms with Crippen molar-refractivity contribution in [1.29, 1.82) is 0 Å². The van der Waals surface area contributed by atoms with E-state index in [1.54, 1.807) is 25.1 Å². The minimum Gasteiger partial charge on any atom is -0.507 e. The molecule has 7 heteroatoms. The third-order valence-corrected chi connectivity index (χ3v) is 4.66. The van der Waals surface area contributed by atoms with Crippen molar-refractivity contribution in [1.82, 2.24) is 4.57 Å². The lowest BCUT2D eigenvalue weighted by atomic mass is 10.1. The van der Waals surface area contributed by atoms with E-state index >= 15 is 0 Å². The second kappa shape index (κ2) is 9.21. The van der Waals surface area contributed by atoms with Crippen LogP contribution < -0.4 is 0 Å². The Morgan fingerprint density at radius 1 is 1.11 bits per heavy atom. The number of phenolic OH excluding ortho intramolecular Hbond substituents is 1. The molecule has 0 saturated heterocycles. The fraction of sp³-hybridized carbons (Fsp3) is 0.381. The second-order valence-electron chi connectivity index (χ2n) is 6.59. The number of carbonyl (C=O) groups is 3. The normalized spacial score (nSPS) is 10.6. The van der Waals surface area contributed by atoms with Gasteiger partial charge in [-0.3, -0.25) is 9.59 Å². The van der Waals surface area contributed by atoms with Crippen LogP contribution >= 0.6 is 0 Å². The Kier molecular flexibility index (Phi) is 6.98. The molecule has 7 nitrogen and oxygen atoms in total. The summed E-state index contributed by atoms with van der Waals surface area (Å²) < 4.78 is 11.7. The lowest BCUT2D eigenvalue weighted by Gasteiger charge is -2.10. The van der Waals surface area contributed by atoms with Crippen LogP contribution in [0.5, 0.6) is 5.75 Å². The molecule has 0 aliphatic carbocycles. The van der Waals surface area contributed by atoms with Crippen molar-refractivity contribution in [3.05, 3.63) is 52.3 Å². The van der Waals surface area contributed by atoms with E-state index < -0.39 is 12.6 Å². The molecule has 28 heavy (non-hydrogen) atoms. The van der Waals surface area contributed by atoms with E-state index in [1.807, 2.05) is 18.4 Å². The summed E-state index contributed by atoms with van der Waals surface area (Å²) in [5, 5.41) is 9.95. The van der Waals surface area contributed by atoms with E-state index in [-0.39, 0.29) is 23.1 Å². The highest BCUT2D eigenvalue weighted by molar-refractivity contribution is 6.01. The summed E-state index contributed by atoms with van der Waals surface area (Å²) in [5.41, 5.74) is 2.68. The fourth-order valence-corrected chi connectivity index (χ4v) is 3.02. The van der Waals surface area contributed by atoms with Crippen LogP contribution in [0.4, 0.5) is 0 Å². The average molecular weight is 387 g/mol. The number of aryl methyl sites for hydroxylation is 2. The monoisotopic (exact) mass is 387 g/mol. The van der Waals surface area contributed by atoms with Crippen molar-refractivity contribution in [3.8, 4) is 5.75 Å². The van der Waals surface area contributed by atoms with Crippen molar-refractivity contribution >= 4 is 17.7 Å². The highest BCUT2D eigenvalue weighted by Crippen LogP contribution is 2.22. The first kappa shape index (κ1) is 21.2. The van der Waals surface area contributed by atoms with Crippen LogP contribution in [0.15, 0.2) is 24.3 Å². The third kappa shape index (κ3) is 4.79. The van der Waals surface area contributed by atoms with E-state index in [0.717, 1.165) is 11.4 Å². The van der Waals surface area contributed by atoms with Gasteiger partial charge in [0.05, 0.1) is 7.11 Å². The maximum atomic E-state index is 12.5. The minimum absolute atomic E-state index is 0.0288. The van der Waals surface area contributed by atoms with E-state index in [1.165, 1.54) is 13.2 Å². The van der Waals surface area contributed by atoms with Crippen molar-refractivity contribution in [2.75, 3.05) is 13.7 Å². The van der Waals surface area contributed by atoms with Gasteiger partial charge in [-0.1, -0.05) is 12.1 Å². The number of Topliss-reactive ketones (excluding diaryl/α,β-unsaturated/α-hetero) is 1. The van der Waals surface area contributed by atoms with E-state index in [9.17, 15) is 19.5 Å². The van der Waals surface area contributed by atoms with Gasteiger partial charge in [-0.15, -0.1) is 0 Å². The molecule has 1 aromatic carbocycles. The van der Waals surface area contributed by atoms with Crippen LogP contribution in [0, 0.1) is 20.8 Å². The zero-order valence-corrected chi connectivity index (χ0v) is 16.6. The van der Waals surface area contributed by atoms with Crippen LogP contribution in [0.1, 0.15) is 50.5 Å². The number of aromatic hydroxyl groups is 1. The zero-order chi connectivity index (χ0) is 20.8. The number of methoxy groups -OCH3 is 1. The maximum absolute atomic E-state index is 12.5. The average Bonchev–Trinajstić information content (AvgIpc) is 2.96. The van der Waals surface area contributed by atoms with Crippen LogP contribution in [0.25, 0.3) is 0 Å². The topological polar surface area (TPSA) is 94.8 Å². The first-order valence-electron chi connectivity index (χ1n) is 8.98. The van der Waals surface area contributed by atoms with Crippen LogP contribution in [-0.4, -0.2) is 41.1 Å².